The Morgan fingerprint density at radius 1 is 1.28 bits per heavy atom. The van der Waals surface area contributed by atoms with Crippen LogP contribution in [0.1, 0.15) is 62.2 Å². The summed E-state index contributed by atoms with van der Waals surface area (Å²) in [4.78, 5) is 0. The number of aliphatic hydroxyl groups excluding tert-OH is 1. The van der Waals surface area contributed by atoms with Crippen LogP contribution in [-0.4, -0.2) is 5.11 Å². The number of hydrogen-bond acceptors (Lipinski definition) is 1. The lowest BCUT2D eigenvalue weighted by atomic mass is 9.85. The summed E-state index contributed by atoms with van der Waals surface area (Å²) in [6, 6.07) is 4.92. The van der Waals surface area contributed by atoms with E-state index >= 15 is 0 Å². The summed E-state index contributed by atoms with van der Waals surface area (Å²) in [7, 11) is 0. The van der Waals surface area contributed by atoms with Crippen molar-refractivity contribution in [3.63, 3.8) is 0 Å². The molecule has 1 unspecified atom stereocenters. The van der Waals surface area contributed by atoms with E-state index in [4.69, 9.17) is 0 Å². The Balaban J connectivity index is 1.86. The van der Waals surface area contributed by atoms with Gasteiger partial charge in [0.1, 0.15) is 5.82 Å². The van der Waals surface area contributed by atoms with Crippen LogP contribution in [0.3, 0.4) is 0 Å². The Hall–Kier alpha value is -0.890. The molecule has 0 heterocycles. The smallest absolute Gasteiger partial charge is 0.126 e. The van der Waals surface area contributed by atoms with E-state index in [0.29, 0.717) is 5.56 Å². The summed E-state index contributed by atoms with van der Waals surface area (Å²) >= 11 is 0. The van der Waals surface area contributed by atoms with Gasteiger partial charge in [-0.05, 0) is 42.9 Å². The Kier molecular flexibility index (Phi) is 4.76. The highest BCUT2D eigenvalue weighted by atomic mass is 19.1. The monoisotopic (exact) mass is 250 g/mol. The van der Waals surface area contributed by atoms with Crippen molar-refractivity contribution in [1.29, 1.82) is 0 Å². The van der Waals surface area contributed by atoms with Crippen LogP contribution >= 0.6 is 0 Å². The van der Waals surface area contributed by atoms with Crippen LogP contribution in [0.2, 0.25) is 0 Å². The fraction of sp³-hybridized carbons (Fsp3) is 0.625. The van der Waals surface area contributed by atoms with Crippen molar-refractivity contribution in [1.82, 2.24) is 0 Å². The van der Waals surface area contributed by atoms with Crippen LogP contribution in [0.25, 0.3) is 0 Å². The second-order valence-electron chi connectivity index (χ2n) is 5.61. The molecule has 0 radical (unpaired) electrons. The Labute approximate surface area is 109 Å². The molecule has 0 aliphatic heterocycles. The molecule has 0 spiro atoms. The first-order valence-corrected chi connectivity index (χ1v) is 7.11. The molecule has 1 aliphatic carbocycles. The maximum atomic E-state index is 13.2. The standard InChI is InChI=1S/C16H23FO/c1-12-11-14(8-9-15(12)17)16(18)10-7-13-5-3-2-4-6-13/h8-9,11,13,16,18H,2-7,10H2,1H3. The highest BCUT2D eigenvalue weighted by Crippen LogP contribution is 2.30. The summed E-state index contributed by atoms with van der Waals surface area (Å²) < 4.78 is 13.2. The molecule has 1 aromatic rings. The van der Waals surface area contributed by atoms with Gasteiger partial charge in [0.2, 0.25) is 0 Å². The van der Waals surface area contributed by atoms with Gasteiger partial charge in [-0.2, -0.15) is 0 Å². The third-order valence-electron chi connectivity index (χ3n) is 4.14. The van der Waals surface area contributed by atoms with Crippen LogP contribution in [0.5, 0.6) is 0 Å². The number of aliphatic hydroxyl groups is 1. The zero-order chi connectivity index (χ0) is 13.0. The highest BCUT2D eigenvalue weighted by Gasteiger charge is 2.16. The molecule has 1 N–H and O–H groups in total. The van der Waals surface area contributed by atoms with Gasteiger partial charge in [0, 0.05) is 0 Å². The molecular weight excluding hydrogens is 227 g/mol. The van der Waals surface area contributed by atoms with Gasteiger partial charge in [-0.15, -0.1) is 0 Å². The van der Waals surface area contributed by atoms with E-state index in [2.05, 4.69) is 0 Å². The molecule has 0 aromatic heterocycles. The van der Waals surface area contributed by atoms with Gasteiger partial charge in [-0.3, -0.25) is 0 Å². The molecule has 18 heavy (non-hydrogen) atoms. The minimum Gasteiger partial charge on any atom is -0.388 e. The zero-order valence-corrected chi connectivity index (χ0v) is 11.2. The lowest BCUT2D eigenvalue weighted by Gasteiger charge is -2.22. The minimum absolute atomic E-state index is 0.196. The quantitative estimate of drug-likeness (QED) is 0.832. The van der Waals surface area contributed by atoms with Crippen LogP contribution in [0, 0.1) is 18.7 Å². The van der Waals surface area contributed by atoms with Crippen molar-refractivity contribution >= 4 is 0 Å². The minimum atomic E-state index is -0.439. The second-order valence-corrected chi connectivity index (χ2v) is 5.61. The molecule has 1 saturated carbocycles. The van der Waals surface area contributed by atoms with Crippen molar-refractivity contribution in [2.24, 2.45) is 5.92 Å². The number of hydrogen-bond donors (Lipinski definition) is 1. The molecule has 2 rings (SSSR count). The van der Waals surface area contributed by atoms with Gasteiger partial charge in [-0.25, -0.2) is 4.39 Å². The first-order chi connectivity index (χ1) is 8.66. The molecule has 1 nitrogen and oxygen atoms in total. The predicted molar refractivity (Wildman–Crippen MR) is 71.9 cm³/mol. The molecule has 0 amide bonds. The molecule has 0 saturated heterocycles. The molecule has 1 aromatic carbocycles. The molecule has 100 valence electrons. The maximum absolute atomic E-state index is 13.2. The summed E-state index contributed by atoms with van der Waals surface area (Å²) in [5.74, 6) is 0.591. The number of rotatable bonds is 4. The number of halogens is 1. The third-order valence-corrected chi connectivity index (χ3v) is 4.14. The van der Waals surface area contributed by atoms with Crippen molar-refractivity contribution in [3.05, 3.63) is 35.1 Å². The van der Waals surface area contributed by atoms with E-state index in [1.54, 1.807) is 19.1 Å². The summed E-state index contributed by atoms with van der Waals surface area (Å²) in [5, 5.41) is 10.1. The van der Waals surface area contributed by atoms with Gasteiger partial charge in [-0.1, -0.05) is 44.2 Å². The average molecular weight is 250 g/mol. The summed E-state index contributed by atoms with van der Waals surface area (Å²) in [6.45, 7) is 1.74. The predicted octanol–water partition coefficient (Wildman–Crippen LogP) is 4.53. The van der Waals surface area contributed by atoms with Crippen molar-refractivity contribution < 1.29 is 9.50 Å². The molecule has 1 aliphatic rings. The highest BCUT2D eigenvalue weighted by molar-refractivity contribution is 5.25. The van der Waals surface area contributed by atoms with E-state index in [-0.39, 0.29) is 5.82 Å². The third kappa shape index (κ3) is 3.55. The first kappa shape index (κ1) is 13.5. The zero-order valence-electron chi connectivity index (χ0n) is 11.2. The Bertz CT molecular complexity index is 383. The van der Waals surface area contributed by atoms with E-state index in [0.717, 1.165) is 24.3 Å². The van der Waals surface area contributed by atoms with E-state index in [1.165, 1.54) is 38.2 Å². The van der Waals surface area contributed by atoms with Crippen LogP contribution in [-0.2, 0) is 0 Å². The van der Waals surface area contributed by atoms with Crippen molar-refractivity contribution in [2.45, 2.75) is 58.0 Å². The Morgan fingerprint density at radius 3 is 2.67 bits per heavy atom. The van der Waals surface area contributed by atoms with E-state index in [1.807, 2.05) is 0 Å². The number of aryl methyl sites for hydroxylation is 1. The van der Waals surface area contributed by atoms with Gasteiger partial charge in [0.05, 0.1) is 6.10 Å². The topological polar surface area (TPSA) is 20.2 Å². The normalized spacial score (nSPS) is 18.8. The van der Waals surface area contributed by atoms with Crippen molar-refractivity contribution in [3.8, 4) is 0 Å². The largest absolute Gasteiger partial charge is 0.388 e. The lowest BCUT2D eigenvalue weighted by molar-refractivity contribution is 0.151. The van der Waals surface area contributed by atoms with Gasteiger partial charge >= 0.3 is 0 Å². The molecule has 2 heteroatoms. The molecular formula is C16H23FO. The van der Waals surface area contributed by atoms with Gasteiger partial charge < -0.3 is 5.11 Å². The fourth-order valence-electron chi connectivity index (χ4n) is 2.91. The van der Waals surface area contributed by atoms with Crippen molar-refractivity contribution in [2.75, 3.05) is 0 Å². The average Bonchev–Trinajstić information content (AvgIpc) is 2.40. The summed E-state index contributed by atoms with van der Waals surface area (Å²) in [5.41, 5.74) is 1.47. The van der Waals surface area contributed by atoms with Crippen LogP contribution in [0.15, 0.2) is 18.2 Å². The first-order valence-electron chi connectivity index (χ1n) is 7.11. The van der Waals surface area contributed by atoms with Crippen LogP contribution in [0.4, 0.5) is 4.39 Å². The molecule has 0 bridgehead atoms. The van der Waals surface area contributed by atoms with Gasteiger partial charge in [0.25, 0.3) is 0 Å². The fourth-order valence-corrected chi connectivity index (χ4v) is 2.91. The van der Waals surface area contributed by atoms with Crippen LogP contribution < -0.4 is 0 Å². The summed E-state index contributed by atoms with van der Waals surface area (Å²) in [6.07, 6.45) is 8.15. The van der Waals surface area contributed by atoms with Gasteiger partial charge in [0.15, 0.2) is 0 Å². The van der Waals surface area contributed by atoms with E-state index in [9.17, 15) is 9.50 Å². The SMILES string of the molecule is Cc1cc(C(O)CCC2CCCCC2)ccc1F. The second kappa shape index (κ2) is 6.33. The van der Waals surface area contributed by atoms with E-state index < -0.39 is 6.10 Å². The maximum Gasteiger partial charge on any atom is 0.126 e. The Morgan fingerprint density at radius 2 is 2.00 bits per heavy atom. The lowest BCUT2D eigenvalue weighted by Crippen LogP contribution is -2.08. The molecule has 1 atom stereocenters. The number of benzene rings is 1. The molecule has 1 fully saturated rings.